The minimum Gasteiger partial charge on any atom is -0.394 e. The normalized spacial score (nSPS) is 26.2. The molecule has 2 N–H and O–H groups in total. The molecule has 2 heterocycles. The molecule has 0 aromatic carbocycles. The number of nitrogens with zero attached hydrogens (tertiary/aromatic N) is 1. The predicted molar refractivity (Wildman–Crippen MR) is 70.5 cm³/mol. The summed E-state index contributed by atoms with van der Waals surface area (Å²) in [5.41, 5.74) is -0.432. The average molecular weight is 264 g/mol. The maximum Gasteiger partial charge on any atom is 0.329 e. The molecule has 1 aromatic heterocycles. The van der Waals surface area contributed by atoms with Crippen molar-refractivity contribution in [2.45, 2.75) is 17.0 Å². The molecule has 1 aliphatic rings. The Labute approximate surface area is 108 Å². The zero-order valence-electron chi connectivity index (χ0n) is 9.71. The van der Waals surface area contributed by atoms with E-state index in [1.165, 1.54) is 22.5 Å². The summed E-state index contributed by atoms with van der Waals surface area (Å²) in [6.07, 6.45) is 10.3. The molecule has 0 unspecified atom stereocenters. The maximum atomic E-state index is 11.7. The van der Waals surface area contributed by atoms with Gasteiger partial charge in [0, 0.05) is 11.8 Å². The molecule has 0 aliphatic carbocycles. The molecule has 94 valence electrons. The third kappa shape index (κ3) is 2.03. The topological polar surface area (TPSA) is 75.1 Å². The summed E-state index contributed by atoms with van der Waals surface area (Å²) in [4.78, 5) is 25.2. The number of aromatic nitrogens is 2. The van der Waals surface area contributed by atoms with E-state index in [1.54, 1.807) is 19.1 Å². The van der Waals surface area contributed by atoms with Gasteiger partial charge in [0.05, 0.1) is 6.61 Å². The van der Waals surface area contributed by atoms with Gasteiger partial charge in [-0.05, 0) is 6.92 Å². The van der Waals surface area contributed by atoms with Gasteiger partial charge in [0.15, 0.2) is 0 Å². The summed E-state index contributed by atoms with van der Waals surface area (Å²) in [6, 6.07) is 0. The van der Waals surface area contributed by atoms with Crippen LogP contribution in [0, 0.1) is 19.3 Å². The fourth-order valence-corrected chi connectivity index (χ4v) is 2.83. The molecule has 0 spiro atoms. The molecule has 0 saturated carbocycles. The van der Waals surface area contributed by atoms with E-state index in [0.29, 0.717) is 5.56 Å². The van der Waals surface area contributed by atoms with Crippen molar-refractivity contribution < 1.29 is 5.11 Å². The Morgan fingerprint density at radius 3 is 2.94 bits per heavy atom. The van der Waals surface area contributed by atoms with Crippen LogP contribution in [-0.2, 0) is 0 Å². The molecule has 6 heteroatoms. The van der Waals surface area contributed by atoms with Crippen LogP contribution in [0.4, 0.5) is 0 Å². The van der Waals surface area contributed by atoms with Crippen molar-refractivity contribution in [2.24, 2.45) is 0 Å². The molecule has 0 amide bonds. The lowest BCUT2D eigenvalue weighted by molar-refractivity contribution is 0.290. The maximum absolute atomic E-state index is 11.7. The number of hydrogen-bond acceptors (Lipinski definition) is 4. The highest BCUT2D eigenvalue weighted by atomic mass is 32.2. The fourth-order valence-electron chi connectivity index (χ4n) is 1.67. The van der Waals surface area contributed by atoms with Gasteiger partial charge >= 0.3 is 5.69 Å². The van der Waals surface area contributed by atoms with Crippen molar-refractivity contribution in [3.05, 3.63) is 44.8 Å². The number of aryl methyl sites for hydroxylation is 1. The van der Waals surface area contributed by atoms with Gasteiger partial charge < -0.3 is 5.11 Å². The van der Waals surface area contributed by atoms with Crippen LogP contribution in [0.25, 0.3) is 0 Å². The summed E-state index contributed by atoms with van der Waals surface area (Å²) in [7, 11) is 0. The third-order valence-corrected chi connectivity index (χ3v) is 4.19. The van der Waals surface area contributed by atoms with Gasteiger partial charge in [-0.1, -0.05) is 18.1 Å². The quantitative estimate of drug-likeness (QED) is 0.583. The Kier molecular flexibility index (Phi) is 3.20. The molecule has 1 aliphatic heterocycles. The van der Waals surface area contributed by atoms with Crippen LogP contribution in [0.15, 0.2) is 27.9 Å². The molecule has 18 heavy (non-hydrogen) atoms. The molecule has 0 saturated heterocycles. The highest BCUT2D eigenvalue weighted by Gasteiger charge is 2.34. The van der Waals surface area contributed by atoms with Crippen LogP contribution in [0.2, 0.25) is 0 Å². The number of thioether (sulfide) groups is 1. The van der Waals surface area contributed by atoms with Gasteiger partial charge in [0.1, 0.15) is 10.1 Å². The van der Waals surface area contributed by atoms with Gasteiger partial charge in [-0.25, -0.2) is 4.79 Å². The fraction of sp³-hybridized carbons (Fsp3) is 0.333. The molecule has 2 rings (SSSR count). The number of rotatable bonds is 2. The predicted octanol–water partition coefficient (Wildman–Crippen LogP) is 0.0109. The van der Waals surface area contributed by atoms with Crippen LogP contribution in [0.1, 0.15) is 10.9 Å². The Bertz CT molecular complexity index is 653. The second kappa shape index (κ2) is 4.52. The van der Waals surface area contributed by atoms with E-state index in [9.17, 15) is 14.7 Å². The zero-order valence-corrected chi connectivity index (χ0v) is 10.5. The monoisotopic (exact) mass is 264 g/mol. The molecule has 5 nitrogen and oxygen atoms in total. The largest absolute Gasteiger partial charge is 0.394 e. The lowest BCUT2D eigenvalue weighted by Gasteiger charge is -2.20. The van der Waals surface area contributed by atoms with Crippen LogP contribution >= 0.6 is 11.8 Å². The Hall–Kier alpha value is -1.71. The van der Waals surface area contributed by atoms with Gasteiger partial charge in [-0.3, -0.25) is 14.3 Å². The first-order chi connectivity index (χ1) is 8.51. The van der Waals surface area contributed by atoms with Crippen molar-refractivity contribution in [2.75, 3.05) is 6.61 Å². The van der Waals surface area contributed by atoms with E-state index in [-0.39, 0.29) is 12.0 Å². The smallest absolute Gasteiger partial charge is 0.329 e. The summed E-state index contributed by atoms with van der Waals surface area (Å²) in [6.45, 7) is 1.43. The lowest BCUT2D eigenvalue weighted by Crippen LogP contribution is -2.32. The van der Waals surface area contributed by atoms with E-state index in [4.69, 9.17) is 6.42 Å². The Balaban J connectivity index is 2.41. The molecular formula is C12H12N2O3S. The minimum absolute atomic E-state index is 0.196. The van der Waals surface area contributed by atoms with E-state index in [1.807, 2.05) is 0 Å². The van der Waals surface area contributed by atoms with E-state index in [0.717, 1.165) is 0 Å². The van der Waals surface area contributed by atoms with Crippen LogP contribution < -0.4 is 11.2 Å². The van der Waals surface area contributed by atoms with E-state index in [2.05, 4.69) is 10.9 Å². The number of terminal acetylenes is 1. The standard InChI is InChI=1S/C12H12N2O3S/c1-3-12(7-15)5-4-9(18-12)14-6-8(2)10(16)13-11(14)17/h1,4-6,9,15H,7H2,2H3,(H,13,16,17)/t9-,12+/m1/s1. The summed E-state index contributed by atoms with van der Waals surface area (Å²) in [5.74, 6) is 2.51. The molecular weight excluding hydrogens is 252 g/mol. The van der Waals surface area contributed by atoms with Crippen molar-refractivity contribution in [3.8, 4) is 12.3 Å². The van der Waals surface area contributed by atoms with Crippen molar-refractivity contribution in [3.63, 3.8) is 0 Å². The van der Waals surface area contributed by atoms with Crippen LogP contribution in [0.5, 0.6) is 0 Å². The summed E-state index contributed by atoms with van der Waals surface area (Å²) in [5, 5.41) is 8.97. The lowest BCUT2D eigenvalue weighted by atomic mass is 10.1. The number of nitrogens with one attached hydrogen (secondary N) is 1. The second-order valence-electron chi connectivity index (χ2n) is 4.04. The SMILES string of the molecule is C#C[C@@]1(CO)C=C[C@H](n2cc(C)c(=O)[nH]c2=O)S1. The number of hydrogen-bond donors (Lipinski definition) is 2. The van der Waals surface area contributed by atoms with Crippen LogP contribution in [0.3, 0.4) is 0 Å². The summed E-state index contributed by atoms with van der Waals surface area (Å²) >= 11 is 1.28. The second-order valence-corrected chi connectivity index (χ2v) is 5.49. The van der Waals surface area contributed by atoms with Gasteiger partial charge in [0.25, 0.3) is 5.56 Å². The average Bonchev–Trinajstić information content (AvgIpc) is 2.79. The first-order valence-corrected chi connectivity index (χ1v) is 6.17. The van der Waals surface area contributed by atoms with Crippen molar-refractivity contribution >= 4 is 11.8 Å². The number of aliphatic hydroxyl groups excluding tert-OH is 1. The Morgan fingerprint density at radius 2 is 2.39 bits per heavy atom. The van der Waals surface area contributed by atoms with Crippen molar-refractivity contribution in [1.29, 1.82) is 0 Å². The highest BCUT2D eigenvalue weighted by Crippen LogP contribution is 2.42. The number of H-pyrrole nitrogens is 1. The van der Waals surface area contributed by atoms with Gasteiger partial charge in [0.2, 0.25) is 0 Å². The van der Waals surface area contributed by atoms with E-state index >= 15 is 0 Å². The molecule has 1 aromatic rings. The minimum atomic E-state index is -0.797. The van der Waals surface area contributed by atoms with Gasteiger partial charge in [-0.15, -0.1) is 18.2 Å². The van der Waals surface area contributed by atoms with E-state index < -0.39 is 16.0 Å². The van der Waals surface area contributed by atoms with Crippen LogP contribution in [-0.4, -0.2) is 26.0 Å². The molecule has 0 bridgehead atoms. The van der Waals surface area contributed by atoms with Gasteiger partial charge in [-0.2, -0.15) is 0 Å². The first-order valence-electron chi connectivity index (χ1n) is 5.29. The highest BCUT2D eigenvalue weighted by molar-refractivity contribution is 8.01. The summed E-state index contributed by atoms with van der Waals surface area (Å²) < 4.78 is 0.598. The molecule has 0 fully saturated rings. The first kappa shape index (κ1) is 12.7. The zero-order chi connectivity index (χ0) is 13.3. The third-order valence-electron chi connectivity index (χ3n) is 2.76. The molecule has 2 atom stereocenters. The number of aromatic amines is 1. The molecule has 0 radical (unpaired) electrons. The number of aliphatic hydroxyl groups is 1. The Morgan fingerprint density at radius 1 is 1.67 bits per heavy atom. The van der Waals surface area contributed by atoms with Crippen molar-refractivity contribution in [1.82, 2.24) is 9.55 Å².